The van der Waals surface area contributed by atoms with E-state index >= 15 is 0 Å². The molecule has 2 aromatic heterocycles. The molecule has 2 aromatic rings. The van der Waals surface area contributed by atoms with Gasteiger partial charge in [-0.05, 0) is 25.8 Å². The number of imidazole rings is 1. The maximum absolute atomic E-state index is 10.7. The number of aryl methyl sites for hydroxylation is 3. The van der Waals surface area contributed by atoms with E-state index in [0.717, 1.165) is 44.7 Å². The maximum atomic E-state index is 10.7. The minimum atomic E-state index is -0.489. The smallest absolute Gasteiger partial charge is 0.137 e. The zero-order chi connectivity index (χ0) is 16.4. The minimum absolute atomic E-state index is 0.242. The summed E-state index contributed by atoms with van der Waals surface area (Å²) in [6.07, 6.45) is 8.41. The van der Waals surface area contributed by atoms with Gasteiger partial charge in [-0.2, -0.15) is 5.10 Å². The molecule has 0 bridgehead atoms. The average molecular weight is 317 g/mol. The lowest BCUT2D eigenvalue weighted by Crippen LogP contribution is -2.38. The fourth-order valence-electron chi connectivity index (χ4n) is 3.62. The quantitative estimate of drug-likeness (QED) is 0.911. The van der Waals surface area contributed by atoms with Gasteiger partial charge in [0.25, 0.3) is 0 Å². The van der Waals surface area contributed by atoms with Gasteiger partial charge in [0.05, 0.1) is 5.69 Å². The first-order valence-corrected chi connectivity index (χ1v) is 8.47. The van der Waals surface area contributed by atoms with Crippen LogP contribution in [0.2, 0.25) is 0 Å². The van der Waals surface area contributed by atoms with Gasteiger partial charge in [0.15, 0.2) is 0 Å². The molecule has 0 radical (unpaired) electrons. The lowest BCUT2D eigenvalue weighted by atomic mass is 9.91. The van der Waals surface area contributed by atoms with Crippen LogP contribution in [0.1, 0.15) is 43.0 Å². The van der Waals surface area contributed by atoms with Crippen molar-refractivity contribution in [2.75, 3.05) is 13.1 Å². The van der Waals surface area contributed by atoms with Crippen LogP contribution < -0.4 is 0 Å². The molecular weight excluding hydrogens is 290 g/mol. The lowest BCUT2D eigenvalue weighted by molar-refractivity contribution is 0.0404. The second-order valence-corrected chi connectivity index (χ2v) is 6.61. The van der Waals surface area contributed by atoms with Gasteiger partial charge in [-0.15, -0.1) is 0 Å². The van der Waals surface area contributed by atoms with Crippen LogP contribution in [-0.4, -0.2) is 42.4 Å². The molecule has 6 nitrogen and oxygen atoms in total. The van der Waals surface area contributed by atoms with Crippen molar-refractivity contribution in [2.45, 2.75) is 38.8 Å². The third kappa shape index (κ3) is 3.48. The van der Waals surface area contributed by atoms with E-state index < -0.39 is 6.10 Å². The maximum Gasteiger partial charge on any atom is 0.137 e. The van der Waals surface area contributed by atoms with Crippen LogP contribution in [0, 0.1) is 5.92 Å². The molecule has 0 aromatic carbocycles. The molecule has 1 aliphatic rings. The van der Waals surface area contributed by atoms with Gasteiger partial charge in [-0.1, -0.05) is 6.92 Å². The van der Waals surface area contributed by atoms with Crippen molar-refractivity contribution < 1.29 is 5.11 Å². The van der Waals surface area contributed by atoms with Gasteiger partial charge in [-0.25, -0.2) is 4.98 Å². The van der Waals surface area contributed by atoms with Crippen LogP contribution in [0.3, 0.4) is 0 Å². The SMILES string of the molecule is CCc1nn(C)cc1CN1CCCC(C(O)c2nccn2C)C1. The molecule has 0 aliphatic carbocycles. The Morgan fingerprint density at radius 1 is 1.39 bits per heavy atom. The standard InChI is InChI=1S/C17H27N5O/c1-4-15-14(10-21(3)19-15)12-22-8-5-6-13(11-22)16(23)17-18-7-9-20(17)2/h7,9-10,13,16,23H,4-6,8,11-12H2,1-3H3. The molecule has 0 saturated carbocycles. The molecule has 1 N–H and O–H groups in total. The van der Waals surface area contributed by atoms with Crippen LogP contribution in [0.5, 0.6) is 0 Å². The third-order valence-corrected chi connectivity index (χ3v) is 4.83. The number of nitrogens with zero attached hydrogens (tertiary/aromatic N) is 5. The molecular formula is C17H27N5O. The highest BCUT2D eigenvalue weighted by Crippen LogP contribution is 2.29. The van der Waals surface area contributed by atoms with Crippen molar-refractivity contribution in [3.05, 3.63) is 35.7 Å². The van der Waals surface area contributed by atoms with Crippen LogP contribution in [0.4, 0.5) is 0 Å². The normalized spacial score (nSPS) is 20.8. The van der Waals surface area contributed by atoms with E-state index in [1.165, 1.54) is 11.3 Å². The van der Waals surface area contributed by atoms with Crippen LogP contribution in [-0.2, 0) is 27.1 Å². The van der Waals surface area contributed by atoms with Gasteiger partial charge in [0.1, 0.15) is 11.9 Å². The minimum Gasteiger partial charge on any atom is -0.385 e. The zero-order valence-corrected chi connectivity index (χ0v) is 14.3. The Morgan fingerprint density at radius 2 is 2.22 bits per heavy atom. The lowest BCUT2D eigenvalue weighted by Gasteiger charge is -2.34. The van der Waals surface area contributed by atoms with Crippen molar-refractivity contribution in [2.24, 2.45) is 20.0 Å². The molecule has 23 heavy (non-hydrogen) atoms. The summed E-state index contributed by atoms with van der Waals surface area (Å²) in [6, 6.07) is 0. The summed E-state index contributed by atoms with van der Waals surface area (Å²) in [7, 11) is 3.92. The van der Waals surface area contributed by atoms with Gasteiger partial charge >= 0.3 is 0 Å². The highest BCUT2D eigenvalue weighted by Gasteiger charge is 2.29. The molecule has 1 saturated heterocycles. The first kappa shape index (κ1) is 16.2. The first-order valence-electron chi connectivity index (χ1n) is 8.47. The molecule has 2 unspecified atom stereocenters. The Morgan fingerprint density at radius 3 is 2.91 bits per heavy atom. The van der Waals surface area contributed by atoms with Gasteiger partial charge in [-0.3, -0.25) is 9.58 Å². The van der Waals surface area contributed by atoms with Crippen molar-refractivity contribution >= 4 is 0 Å². The second kappa shape index (κ2) is 6.84. The van der Waals surface area contributed by atoms with Crippen LogP contribution in [0.25, 0.3) is 0 Å². The van der Waals surface area contributed by atoms with Gasteiger partial charge < -0.3 is 9.67 Å². The molecule has 0 spiro atoms. The fraction of sp³-hybridized carbons (Fsp3) is 0.647. The summed E-state index contributed by atoms with van der Waals surface area (Å²) in [6.45, 7) is 5.06. The predicted molar refractivity (Wildman–Crippen MR) is 88.8 cm³/mol. The van der Waals surface area contributed by atoms with Crippen molar-refractivity contribution in [3.63, 3.8) is 0 Å². The Labute approximate surface area is 137 Å². The Bertz CT molecular complexity index is 647. The van der Waals surface area contributed by atoms with E-state index in [-0.39, 0.29) is 5.92 Å². The summed E-state index contributed by atoms with van der Waals surface area (Å²) < 4.78 is 3.82. The molecule has 1 fully saturated rings. The van der Waals surface area contributed by atoms with E-state index in [0.29, 0.717) is 0 Å². The number of aliphatic hydroxyl groups is 1. The molecule has 6 heteroatoms. The molecule has 1 aliphatic heterocycles. The highest BCUT2D eigenvalue weighted by atomic mass is 16.3. The number of aliphatic hydroxyl groups excluding tert-OH is 1. The Balaban J connectivity index is 1.67. The molecule has 0 amide bonds. The number of aromatic nitrogens is 4. The van der Waals surface area contributed by atoms with E-state index in [9.17, 15) is 5.11 Å². The molecule has 3 heterocycles. The Hall–Kier alpha value is -1.66. The molecule has 126 valence electrons. The van der Waals surface area contributed by atoms with E-state index in [4.69, 9.17) is 0 Å². The van der Waals surface area contributed by atoms with Crippen molar-refractivity contribution in [1.82, 2.24) is 24.2 Å². The van der Waals surface area contributed by atoms with Gasteiger partial charge in [0, 0.05) is 57.3 Å². The number of likely N-dealkylation sites (tertiary alicyclic amines) is 1. The number of piperidine rings is 1. The summed E-state index contributed by atoms with van der Waals surface area (Å²) >= 11 is 0. The van der Waals surface area contributed by atoms with Crippen LogP contribution >= 0.6 is 0 Å². The average Bonchev–Trinajstić information content (AvgIpc) is 3.12. The monoisotopic (exact) mass is 317 g/mol. The van der Waals surface area contributed by atoms with E-state index in [2.05, 4.69) is 28.1 Å². The van der Waals surface area contributed by atoms with Crippen molar-refractivity contribution in [3.8, 4) is 0 Å². The number of hydrogen-bond donors (Lipinski definition) is 1. The zero-order valence-electron chi connectivity index (χ0n) is 14.3. The summed E-state index contributed by atoms with van der Waals surface area (Å²) in [4.78, 5) is 6.75. The second-order valence-electron chi connectivity index (χ2n) is 6.61. The number of hydrogen-bond acceptors (Lipinski definition) is 4. The first-order chi connectivity index (χ1) is 11.1. The third-order valence-electron chi connectivity index (χ3n) is 4.83. The molecule has 3 rings (SSSR count). The van der Waals surface area contributed by atoms with Crippen LogP contribution in [0.15, 0.2) is 18.6 Å². The number of rotatable bonds is 5. The van der Waals surface area contributed by atoms with Gasteiger partial charge in [0.2, 0.25) is 0 Å². The van der Waals surface area contributed by atoms with E-state index in [1.54, 1.807) is 6.20 Å². The topological polar surface area (TPSA) is 59.1 Å². The Kier molecular flexibility index (Phi) is 4.82. The van der Waals surface area contributed by atoms with Crippen molar-refractivity contribution in [1.29, 1.82) is 0 Å². The summed E-state index contributed by atoms with van der Waals surface area (Å²) in [5.41, 5.74) is 2.49. The largest absolute Gasteiger partial charge is 0.385 e. The summed E-state index contributed by atoms with van der Waals surface area (Å²) in [5, 5.41) is 15.2. The fourth-order valence-corrected chi connectivity index (χ4v) is 3.62. The van der Waals surface area contributed by atoms with E-state index in [1.807, 2.05) is 29.5 Å². The summed E-state index contributed by atoms with van der Waals surface area (Å²) in [5.74, 6) is 1.01. The predicted octanol–water partition coefficient (Wildman–Crippen LogP) is 1.66. The highest BCUT2D eigenvalue weighted by molar-refractivity contribution is 5.17. The molecule has 2 atom stereocenters.